The van der Waals surface area contributed by atoms with Crippen LogP contribution in [0.25, 0.3) is 0 Å². The number of aliphatic hydroxyl groups is 1. The molecule has 1 heterocycles. The summed E-state index contributed by atoms with van der Waals surface area (Å²) in [5.41, 5.74) is 2.12. The molecule has 112 valence electrons. The molecule has 0 saturated carbocycles. The molecule has 2 aromatic rings. The number of rotatable bonds is 6. The van der Waals surface area contributed by atoms with Gasteiger partial charge in [0.25, 0.3) is 5.91 Å². The van der Waals surface area contributed by atoms with Gasteiger partial charge < -0.3 is 10.0 Å². The van der Waals surface area contributed by atoms with E-state index >= 15 is 0 Å². The van der Waals surface area contributed by atoms with Gasteiger partial charge in [-0.05, 0) is 35.4 Å². The van der Waals surface area contributed by atoms with Gasteiger partial charge in [-0.2, -0.15) is 0 Å². The van der Waals surface area contributed by atoms with E-state index in [1.807, 2.05) is 60.5 Å². The van der Waals surface area contributed by atoms with Crippen LogP contribution in [0.15, 0.2) is 41.8 Å². The van der Waals surface area contributed by atoms with Crippen molar-refractivity contribution < 1.29 is 9.90 Å². The number of amides is 1. The summed E-state index contributed by atoms with van der Waals surface area (Å²) in [7, 11) is 0. The molecule has 1 atom stereocenters. The summed E-state index contributed by atoms with van der Waals surface area (Å²) in [4.78, 5) is 15.4. The zero-order valence-electron chi connectivity index (χ0n) is 12.5. The first-order chi connectivity index (χ1) is 10.1. The van der Waals surface area contributed by atoms with E-state index in [2.05, 4.69) is 0 Å². The van der Waals surface area contributed by atoms with E-state index in [0.29, 0.717) is 13.1 Å². The lowest BCUT2D eigenvalue weighted by Crippen LogP contribution is -2.35. The fraction of sp³-hybridized carbons (Fsp3) is 0.353. The number of benzene rings is 1. The molecular formula is C17H21NO2S. The third kappa shape index (κ3) is 4.16. The van der Waals surface area contributed by atoms with E-state index in [0.717, 1.165) is 16.0 Å². The van der Waals surface area contributed by atoms with Gasteiger partial charge in [0, 0.05) is 19.7 Å². The van der Waals surface area contributed by atoms with E-state index in [9.17, 15) is 9.90 Å². The van der Waals surface area contributed by atoms with Gasteiger partial charge in [0.15, 0.2) is 0 Å². The minimum absolute atomic E-state index is 0.0478. The molecule has 1 aromatic heterocycles. The van der Waals surface area contributed by atoms with Crippen molar-refractivity contribution in [3.05, 3.63) is 57.8 Å². The van der Waals surface area contributed by atoms with Gasteiger partial charge in [0.1, 0.15) is 0 Å². The number of carbonyl (C=O) groups excluding carboxylic acids is 1. The molecule has 0 bridgehead atoms. The number of hydrogen-bond donors (Lipinski definition) is 1. The zero-order chi connectivity index (χ0) is 15.2. The van der Waals surface area contributed by atoms with Crippen LogP contribution in [-0.4, -0.2) is 29.1 Å². The maximum Gasteiger partial charge on any atom is 0.264 e. The van der Waals surface area contributed by atoms with Crippen molar-refractivity contribution in [1.82, 2.24) is 4.90 Å². The lowest BCUT2D eigenvalue weighted by atomic mass is 10.1. The van der Waals surface area contributed by atoms with E-state index in [1.54, 1.807) is 0 Å². The largest absolute Gasteiger partial charge is 0.396 e. The Labute approximate surface area is 129 Å². The van der Waals surface area contributed by atoms with Crippen molar-refractivity contribution in [1.29, 1.82) is 0 Å². The monoisotopic (exact) mass is 303 g/mol. The predicted octanol–water partition coefficient (Wildman–Crippen LogP) is 3.33. The highest BCUT2D eigenvalue weighted by Crippen LogP contribution is 2.20. The van der Waals surface area contributed by atoms with Crippen LogP contribution in [0, 0.1) is 12.8 Å². The van der Waals surface area contributed by atoms with Crippen molar-refractivity contribution in [2.75, 3.05) is 13.2 Å². The van der Waals surface area contributed by atoms with Gasteiger partial charge in [0.2, 0.25) is 0 Å². The minimum Gasteiger partial charge on any atom is -0.396 e. The van der Waals surface area contributed by atoms with E-state index in [4.69, 9.17) is 0 Å². The lowest BCUT2D eigenvalue weighted by molar-refractivity contribution is 0.0699. The van der Waals surface area contributed by atoms with E-state index < -0.39 is 0 Å². The molecule has 1 N–H and O–H groups in total. The number of hydrogen-bond acceptors (Lipinski definition) is 3. The van der Waals surface area contributed by atoms with Crippen molar-refractivity contribution in [2.24, 2.45) is 5.92 Å². The van der Waals surface area contributed by atoms with Gasteiger partial charge >= 0.3 is 0 Å². The third-order valence-electron chi connectivity index (χ3n) is 3.40. The van der Waals surface area contributed by atoms with Gasteiger partial charge in [-0.3, -0.25) is 4.79 Å². The van der Waals surface area contributed by atoms with Gasteiger partial charge in [-0.15, -0.1) is 11.3 Å². The first-order valence-electron chi connectivity index (χ1n) is 7.10. The Morgan fingerprint density at radius 1 is 1.29 bits per heavy atom. The second-order valence-electron chi connectivity index (χ2n) is 5.39. The average molecular weight is 303 g/mol. The molecule has 0 aliphatic rings. The summed E-state index contributed by atoms with van der Waals surface area (Å²) in [6.45, 7) is 5.12. The summed E-state index contributed by atoms with van der Waals surface area (Å²) >= 11 is 1.48. The SMILES string of the molecule is Cc1ccsc1C(=O)N(Cc1ccccc1)CC(C)CO. The van der Waals surface area contributed by atoms with E-state index in [-0.39, 0.29) is 18.4 Å². The lowest BCUT2D eigenvalue weighted by Gasteiger charge is -2.25. The summed E-state index contributed by atoms with van der Waals surface area (Å²) in [5, 5.41) is 11.2. The Balaban J connectivity index is 2.19. The third-order valence-corrected chi connectivity index (χ3v) is 4.41. The fourth-order valence-electron chi connectivity index (χ4n) is 2.19. The van der Waals surface area contributed by atoms with Crippen molar-refractivity contribution in [3.8, 4) is 0 Å². The Hall–Kier alpha value is -1.65. The second kappa shape index (κ2) is 7.38. The molecule has 0 saturated heterocycles. The maximum absolute atomic E-state index is 12.7. The normalized spacial score (nSPS) is 12.1. The molecule has 21 heavy (non-hydrogen) atoms. The van der Waals surface area contributed by atoms with E-state index in [1.165, 1.54) is 11.3 Å². The Bertz CT molecular complexity index is 579. The van der Waals surface area contributed by atoms with Crippen LogP contribution in [0.2, 0.25) is 0 Å². The molecule has 2 rings (SSSR count). The first-order valence-corrected chi connectivity index (χ1v) is 7.98. The highest BCUT2D eigenvalue weighted by atomic mass is 32.1. The molecule has 0 radical (unpaired) electrons. The quantitative estimate of drug-likeness (QED) is 0.889. The molecule has 0 fully saturated rings. The van der Waals surface area contributed by atoms with Crippen LogP contribution in [0.1, 0.15) is 27.7 Å². The molecular weight excluding hydrogens is 282 g/mol. The van der Waals surface area contributed by atoms with Crippen LogP contribution < -0.4 is 0 Å². The molecule has 1 unspecified atom stereocenters. The van der Waals surface area contributed by atoms with Crippen molar-refractivity contribution >= 4 is 17.2 Å². The summed E-state index contributed by atoms with van der Waals surface area (Å²) in [5.74, 6) is 0.115. The van der Waals surface area contributed by atoms with Crippen molar-refractivity contribution in [2.45, 2.75) is 20.4 Å². The number of aryl methyl sites for hydroxylation is 1. The van der Waals surface area contributed by atoms with Crippen molar-refractivity contribution in [3.63, 3.8) is 0 Å². The zero-order valence-corrected chi connectivity index (χ0v) is 13.3. The summed E-state index contributed by atoms with van der Waals surface area (Å²) in [6.07, 6.45) is 0. The van der Waals surface area contributed by atoms with Gasteiger partial charge in [-0.1, -0.05) is 37.3 Å². The molecule has 0 aliphatic carbocycles. The van der Waals surface area contributed by atoms with Crippen LogP contribution in [0.3, 0.4) is 0 Å². The number of nitrogens with zero attached hydrogens (tertiary/aromatic N) is 1. The standard InChI is InChI=1S/C17H21NO2S/c1-13(12-19)10-18(11-15-6-4-3-5-7-15)17(20)16-14(2)8-9-21-16/h3-9,13,19H,10-12H2,1-2H3. The topological polar surface area (TPSA) is 40.5 Å². The summed E-state index contributed by atoms with van der Waals surface area (Å²) in [6, 6.07) is 11.9. The van der Waals surface area contributed by atoms with Crippen LogP contribution >= 0.6 is 11.3 Å². The van der Waals surface area contributed by atoms with Gasteiger partial charge in [-0.25, -0.2) is 0 Å². The smallest absolute Gasteiger partial charge is 0.264 e. The number of thiophene rings is 1. The Morgan fingerprint density at radius 3 is 2.57 bits per heavy atom. The number of aliphatic hydroxyl groups excluding tert-OH is 1. The van der Waals surface area contributed by atoms with Gasteiger partial charge in [0.05, 0.1) is 4.88 Å². The molecule has 1 amide bonds. The minimum atomic E-state index is 0.0478. The maximum atomic E-state index is 12.7. The molecule has 3 nitrogen and oxygen atoms in total. The highest BCUT2D eigenvalue weighted by Gasteiger charge is 2.20. The molecule has 4 heteroatoms. The van der Waals surface area contributed by atoms with Crippen LogP contribution in [0.5, 0.6) is 0 Å². The number of carbonyl (C=O) groups is 1. The fourth-order valence-corrected chi connectivity index (χ4v) is 3.08. The molecule has 0 aliphatic heterocycles. The predicted molar refractivity (Wildman–Crippen MR) is 86.5 cm³/mol. The average Bonchev–Trinajstić information content (AvgIpc) is 2.93. The Kier molecular flexibility index (Phi) is 5.53. The van der Waals surface area contributed by atoms with Crippen LogP contribution in [0.4, 0.5) is 0 Å². The molecule has 1 aromatic carbocycles. The van der Waals surface area contributed by atoms with Crippen LogP contribution in [-0.2, 0) is 6.54 Å². The molecule has 0 spiro atoms. The Morgan fingerprint density at radius 2 is 2.00 bits per heavy atom. The second-order valence-corrected chi connectivity index (χ2v) is 6.31. The highest BCUT2D eigenvalue weighted by molar-refractivity contribution is 7.12. The summed E-state index contributed by atoms with van der Waals surface area (Å²) < 4.78 is 0. The first kappa shape index (κ1) is 15.7.